The van der Waals surface area contributed by atoms with Crippen molar-refractivity contribution in [2.45, 2.75) is 37.8 Å². The summed E-state index contributed by atoms with van der Waals surface area (Å²) in [4.78, 5) is 31.9. The van der Waals surface area contributed by atoms with Crippen LogP contribution in [0.15, 0.2) is 53.5 Å². The monoisotopic (exact) mass is 430 g/mol. The third-order valence-electron chi connectivity index (χ3n) is 5.19. The first-order valence-electron chi connectivity index (χ1n) is 9.52. The van der Waals surface area contributed by atoms with Crippen LogP contribution in [0.4, 0.5) is 10.5 Å². The van der Waals surface area contributed by atoms with E-state index in [1.807, 2.05) is 6.07 Å². The Morgan fingerprint density at radius 3 is 2.48 bits per heavy atom. The van der Waals surface area contributed by atoms with Gasteiger partial charge in [-0.25, -0.2) is 9.79 Å². The SMILES string of the molecule is O=C(NC1=NC2CCCCC2N1C(=O)Nc1ccc(Cl)c(Cl)c1)c1ccccc1. The molecule has 1 fully saturated rings. The molecule has 0 aromatic heterocycles. The van der Waals surface area contributed by atoms with Gasteiger partial charge in [0.25, 0.3) is 5.91 Å². The Labute approximate surface area is 178 Å². The van der Waals surface area contributed by atoms with Crippen LogP contribution in [0.2, 0.25) is 10.0 Å². The Kier molecular flexibility index (Phi) is 5.74. The van der Waals surface area contributed by atoms with E-state index >= 15 is 0 Å². The molecule has 2 aromatic carbocycles. The molecule has 0 bridgehead atoms. The highest BCUT2D eigenvalue weighted by Gasteiger charge is 2.41. The maximum atomic E-state index is 13.1. The molecule has 1 aliphatic carbocycles. The summed E-state index contributed by atoms with van der Waals surface area (Å²) in [6.07, 6.45) is 3.82. The molecule has 0 radical (unpaired) electrons. The molecule has 2 aliphatic rings. The lowest BCUT2D eigenvalue weighted by atomic mass is 9.91. The fraction of sp³-hybridized carbons (Fsp3) is 0.286. The second-order valence-electron chi connectivity index (χ2n) is 7.12. The minimum absolute atomic E-state index is 0.00520. The lowest BCUT2D eigenvalue weighted by Gasteiger charge is -2.31. The number of amides is 3. The van der Waals surface area contributed by atoms with Crippen molar-refractivity contribution in [1.29, 1.82) is 0 Å². The van der Waals surface area contributed by atoms with Gasteiger partial charge in [-0.05, 0) is 43.2 Å². The molecule has 6 nitrogen and oxygen atoms in total. The molecule has 3 amide bonds. The largest absolute Gasteiger partial charge is 0.328 e. The van der Waals surface area contributed by atoms with E-state index in [4.69, 9.17) is 23.2 Å². The number of urea groups is 1. The van der Waals surface area contributed by atoms with Crippen LogP contribution in [0.1, 0.15) is 36.0 Å². The molecular formula is C21H20Cl2N4O2. The molecule has 2 N–H and O–H groups in total. The molecular weight excluding hydrogens is 411 g/mol. The maximum Gasteiger partial charge on any atom is 0.328 e. The van der Waals surface area contributed by atoms with Crippen LogP contribution in [0.3, 0.4) is 0 Å². The average molecular weight is 431 g/mol. The zero-order chi connectivity index (χ0) is 20.4. The number of fused-ring (bicyclic) bond motifs is 1. The summed E-state index contributed by atoms with van der Waals surface area (Å²) in [5.41, 5.74) is 1.03. The van der Waals surface area contributed by atoms with E-state index in [0.29, 0.717) is 21.3 Å². The summed E-state index contributed by atoms with van der Waals surface area (Å²) in [5, 5.41) is 6.42. The van der Waals surface area contributed by atoms with Crippen molar-refractivity contribution in [3.63, 3.8) is 0 Å². The van der Waals surface area contributed by atoms with Crippen LogP contribution in [-0.2, 0) is 0 Å². The number of aliphatic imine (C=N–C) groups is 1. The Bertz CT molecular complexity index is 964. The highest BCUT2D eigenvalue weighted by molar-refractivity contribution is 6.42. The standard InChI is InChI=1S/C21H20Cl2N4O2/c22-15-11-10-14(12-16(15)23)24-21(29)27-18-9-5-4-8-17(18)25-20(27)26-19(28)13-6-2-1-3-7-13/h1-3,6-7,10-12,17-18H,4-5,8-9H2,(H,24,29)(H,25,26,28). The average Bonchev–Trinajstić information content (AvgIpc) is 3.09. The first-order chi connectivity index (χ1) is 14.0. The summed E-state index contributed by atoms with van der Waals surface area (Å²) >= 11 is 12.0. The minimum atomic E-state index is -0.357. The summed E-state index contributed by atoms with van der Waals surface area (Å²) in [6.45, 7) is 0. The van der Waals surface area contributed by atoms with E-state index in [2.05, 4.69) is 15.6 Å². The summed E-state index contributed by atoms with van der Waals surface area (Å²) in [6, 6.07) is 13.3. The van der Waals surface area contributed by atoms with E-state index in [9.17, 15) is 9.59 Å². The van der Waals surface area contributed by atoms with Crippen molar-refractivity contribution in [3.8, 4) is 0 Å². The summed E-state index contributed by atoms with van der Waals surface area (Å²) in [7, 11) is 0. The van der Waals surface area contributed by atoms with Gasteiger partial charge in [-0.15, -0.1) is 0 Å². The number of nitrogens with zero attached hydrogens (tertiary/aromatic N) is 2. The predicted octanol–water partition coefficient (Wildman–Crippen LogP) is 4.94. The lowest BCUT2D eigenvalue weighted by Crippen LogP contribution is -2.52. The number of anilines is 1. The van der Waals surface area contributed by atoms with Crippen molar-refractivity contribution in [2.75, 3.05) is 5.32 Å². The van der Waals surface area contributed by atoms with Gasteiger partial charge in [-0.1, -0.05) is 54.2 Å². The number of benzene rings is 2. The second-order valence-corrected chi connectivity index (χ2v) is 7.94. The molecule has 1 aliphatic heterocycles. The molecule has 2 atom stereocenters. The van der Waals surface area contributed by atoms with Gasteiger partial charge in [0.2, 0.25) is 5.96 Å². The maximum absolute atomic E-state index is 13.1. The molecule has 29 heavy (non-hydrogen) atoms. The molecule has 150 valence electrons. The lowest BCUT2D eigenvalue weighted by molar-refractivity contribution is 0.0973. The van der Waals surface area contributed by atoms with Gasteiger partial charge in [0.05, 0.1) is 22.1 Å². The number of halogens is 2. The number of carbonyl (C=O) groups excluding carboxylic acids is 2. The normalized spacial score (nSPS) is 20.6. The highest BCUT2D eigenvalue weighted by atomic mass is 35.5. The number of nitrogens with one attached hydrogen (secondary N) is 2. The van der Waals surface area contributed by atoms with Gasteiger partial charge in [-0.3, -0.25) is 15.0 Å². The van der Waals surface area contributed by atoms with E-state index in [0.717, 1.165) is 25.7 Å². The van der Waals surface area contributed by atoms with Crippen LogP contribution < -0.4 is 10.6 Å². The highest BCUT2D eigenvalue weighted by Crippen LogP contribution is 2.31. The van der Waals surface area contributed by atoms with Crippen LogP contribution in [0, 0.1) is 0 Å². The topological polar surface area (TPSA) is 73.8 Å². The van der Waals surface area contributed by atoms with E-state index in [1.165, 1.54) is 0 Å². The first kappa shape index (κ1) is 19.7. The number of hydrogen-bond donors (Lipinski definition) is 2. The summed E-state index contributed by atoms with van der Waals surface area (Å²) in [5.74, 6) is -0.0105. The number of guanidine groups is 1. The molecule has 2 aromatic rings. The Morgan fingerprint density at radius 1 is 0.966 bits per heavy atom. The van der Waals surface area contributed by atoms with Crippen molar-refractivity contribution in [2.24, 2.45) is 4.99 Å². The van der Waals surface area contributed by atoms with E-state index in [1.54, 1.807) is 47.4 Å². The van der Waals surface area contributed by atoms with Crippen molar-refractivity contribution in [3.05, 3.63) is 64.1 Å². The van der Waals surface area contributed by atoms with Crippen LogP contribution in [0.5, 0.6) is 0 Å². The van der Waals surface area contributed by atoms with Crippen molar-refractivity contribution in [1.82, 2.24) is 10.2 Å². The van der Waals surface area contributed by atoms with Crippen molar-refractivity contribution < 1.29 is 9.59 Å². The third kappa shape index (κ3) is 4.23. The van der Waals surface area contributed by atoms with E-state index in [-0.39, 0.29) is 30.0 Å². The minimum Gasteiger partial charge on any atom is -0.307 e. The fourth-order valence-corrected chi connectivity index (χ4v) is 4.08. The zero-order valence-corrected chi connectivity index (χ0v) is 17.1. The number of rotatable bonds is 2. The molecule has 1 heterocycles. The zero-order valence-electron chi connectivity index (χ0n) is 15.6. The first-order valence-corrected chi connectivity index (χ1v) is 10.3. The van der Waals surface area contributed by atoms with Gasteiger partial charge in [0.1, 0.15) is 0 Å². The number of hydrogen-bond acceptors (Lipinski definition) is 3. The van der Waals surface area contributed by atoms with E-state index < -0.39 is 0 Å². The van der Waals surface area contributed by atoms with Crippen LogP contribution in [-0.4, -0.2) is 34.9 Å². The quantitative estimate of drug-likeness (QED) is 0.707. The fourth-order valence-electron chi connectivity index (χ4n) is 3.78. The Hall–Kier alpha value is -2.57. The molecule has 8 heteroatoms. The van der Waals surface area contributed by atoms with Crippen molar-refractivity contribution >= 4 is 46.8 Å². The molecule has 0 saturated heterocycles. The molecule has 1 saturated carbocycles. The van der Waals surface area contributed by atoms with Gasteiger partial charge in [0, 0.05) is 11.3 Å². The van der Waals surface area contributed by atoms with Gasteiger partial charge in [0.15, 0.2) is 0 Å². The Morgan fingerprint density at radius 2 is 1.72 bits per heavy atom. The van der Waals surface area contributed by atoms with Gasteiger partial charge >= 0.3 is 6.03 Å². The smallest absolute Gasteiger partial charge is 0.307 e. The van der Waals surface area contributed by atoms with Gasteiger partial charge < -0.3 is 5.32 Å². The Balaban J connectivity index is 1.56. The van der Waals surface area contributed by atoms with Crippen LogP contribution in [0.25, 0.3) is 0 Å². The second kappa shape index (κ2) is 8.43. The predicted molar refractivity (Wildman–Crippen MR) is 115 cm³/mol. The molecule has 0 spiro atoms. The summed E-state index contributed by atoms with van der Waals surface area (Å²) < 4.78 is 0. The molecule has 2 unspecified atom stereocenters. The van der Waals surface area contributed by atoms with Crippen LogP contribution >= 0.6 is 23.2 Å². The molecule has 4 rings (SSSR count). The number of carbonyl (C=O) groups is 2. The van der Waals surface area contributed by atoms with Gasteiger partial charge in [-0.2, -0.15) is 0 Å². The third-order valence-corrected chi connectivity index (χ3v) is 5.93.